The first-order valence-electron chi connectivity index (χ1n) is 11.4. The quantitative estimate of drug-likeness (QED) is 0.0612. The number of hydrogen-bond acceptors (Lipinski definition) is 27. The van der Waals surface area contributed by atoms with E-state index in [0.29, 0.717) is 0 Å². The molecular formula is C12H38N8O27S4. The van der Waals surface area contributed by atoms with Gasteiger partial charge in [-0.15, -0.1) is 0 Å². The molecule has 2 aliphatic heterocycles. The fourth-order valence-electron chi connectivity index (χ4n) is 3.45. The van der Waals surface area contributed by atoms with Gasteiger partial charge < -0.3 is 39.7 Å². The van der Waals surface area contributed by atoms with Crippen LogP contribution < -0.4 is 46.4 Å². The second-order valence-corrected chi connectivity index (χ2v) is 12.6. The van der Waals surface area contributed by atoms with E-state index in [-0.39, 0.29) is 0 Å². The lowest BCUT2D eigenvalue weighted by Crippen LogP contribution is -2.87. The molecular weight excluding hydrogens is 816 g/mol. The van der Waals surface area contributed by atoms with E-state index in [4.69, 9.17) is 136 Å². The van der Waals surface area contributed by atoms with Crippen LogP contribution in [0.15, 0.2) is 0 Å². The first kappa shape index (κ1) is 54.1. The maximum atomic E-state index is 10.3. The van der Waals surface area contributed by atoms with Gasteiger partial charge in [0.15, 0.2) is 12.0 Å². The SMILES string of the molecule is NOC(N)(N)[C@@]1(O[C@H]2O[C@H](CO)[C@@H](O)[C@H](O)[C@H]2O)O[C@](N)(CO)[C@@](N)(ON)[C@]1(N)ON.O=S(=O)(O)O.O=S(=O)(O)O.O=S(=O)(O)O.O=S(=O)(O)O. The Balaban J connectivity index is -0.000000935. The Hall–Kier alpha value is -1.28. The monoisotopic (exact) mass is 854 g/mol. The number of aliphatic hydroxyl groups excluding tert-OH is 5. The molecule has 2 rings (SSSR count). The van der Waals surface area contributed by atoms with Gasteiger partial charge in [0.1, 0.15) is 24.4 Å². The average molecular weight is 855 g/mol. The third kappa shape index (κ3) is 16.7. The van der Waals surface area contributed by atoms with Crippen LogP contribution in [0.25, 0.3) is 0 Å². The van der Waals surface area contributed by atoms with E-state index in [0.717, 1.165) is 0 Å². The van der Waals surface area contributed by atoms with Crippen molar-refractivity contribution in [3.8, 4) is 0 Å². The smallest absolute Gasteiger partial charge is 0.394 e. The lowest BCUT2D eigenvalue weighted by Gasteiger charge is -2.51. The predicted octanol–water partition coefficient (Wildman–Crippen LogP) is -11.9. The predicted molar refractivity (Wildman–Crippen MR) is 150 cm³/mol. The standard InChI is InChI=1S/C12H30N8O11.4H2O4S/c13-8(2-22)9(14,29-18)10(15,30-19)11(28-8,12(16,17)31-20)27-7-6(25)5(24)4(23)3(1-21)26-7;4*1-5(2,3)4/h3-7,21-25H,1-2,13-20H2;4*(H2,1,2,3,4)/t3-,4-,5+,6-,7-,8-,9-,10+,11+;;;;/m1..../s1. The number of rotatable bonds is 8. The normalized spacial score (nSPS) is 34.3. The summed E-state index contributed by atoms with van der Waals surface area (Å²) in [5.74, 6) is 9.59. The largest absolute Gasteiger partial charge is 0.394 e. The summed E-state index contributed by atoms with van der Waals surface area (Å²) in [6.07, 6.45) is -9.28. The molecule has 0 saturated carbocycles. The highest BCUT2D eigenvalue weighted by Crippen LogP contribution is 2.52. The van der Waals surface area contributed by atoms with E-state index >= 15 is 0 Å². The Bertz CT molecular complexity index is 1370. The van der Waals surface area contributed by atoms with Crippen LogP contribution >= 0.6 is 0 Å². The van der Waals surface area contributed by atoms with Crippen molar-refractivity contribution in [1.82, 2.24) is 0 Å². The van der Waals surface area contributed by atoms with E-state index in [2.05, 4.69) is 9.68 Å². The van der Waals surface area contributed by atoms with Crippen molar-refractivity contribution in [2.24, 2.45) is 46.4 Å². The van der Waals surface area contributed by atoms with E-state index in [1.54, 1.807) is 0 Å². The van der Waals surface area contributed by atoms with Gasteiger partial charge >= 0.3 is 41.6 Å². The van der Waals surface area contributed by atoms with Crippen LogP contribution in [-0.4, -0.2) is 168 Å². The van der Waals surface area contributed by atoms with E-state index in [1.165, 1.54) is 0 Å². The summed E-state index contributed by atoms with van der Waals surface area (Å²) in [6, 6.07) is 0. The molecule has 0 aromatic rings. The van der Waals surface area contributed by atoms with Crippen molar-refractivity contribution < 1.29 is 124 Å². The van der Waals surface area contributed by atoms with E-state index in [1.807, 2.05) is 0 Å². The summed E-state index contributed by atoms with van der Waals surface area (Å²) >= 11 is 0. The zero-order valence-corrected chi connectivity index (χ0v) is 27.8. The van der Waals surface area contributed by atoms with Gasteiger partial charge in [-0.25, -0.2) is 17.7 Å². The third-order valence-corrected chi connectivity index (χ3v) is 5.44. The number of nitrogens with two attached hydrogens (primary N) is 8. The molecule has 51 heavy (non-hydrogen) atoms. The molecule has 0 unspecified atom stereocenters. The van der Waals surface area contributed by atoms with Gasteiger partial charge in [0.25, 0.3) is 5.79 Å². The molecule has 9 atom stereocenters. The summed E-state index contributed by atoms with van der Waals surface area (Å²) in [5.41, 5.74) is 21.3. The molecule has 0 spiro atoms. The minimum absolute atomic E-state index is 0.839. The summed E-state index contributed by atoms with van der Waals surface area (Å²) in [5, 5.41) is 49.4. The van der Waals surface area contributed by atoms with Gasteiger partial charge in [-0.2, -0.15) is 33.7 Å². The van der Waals surface area contributed by atoms with Crippen LogP contribution in [-0.2, 0) is 70.3 Å². The summed E-state index contributed by atoms with van der Waals surface area (Å²) in [4.78, 5) is 13.8. The van der Waals surface area contributed by atoms with Gasteiger partial charge in [0.2, 0.25) is 17.3 Å². The Morgan fingerprint density at radius 2 is 0.961 bits per heavy atom. The molecule has 0 aromatic heterocycles. The lowest BCUT2D eigenvalue weighted by molar-refractivity contribution is -0.442. The van der Waals surface area contributed by atoms with Gasteiger partial charge in [-0.05, 0) is 0 Å². The van der Waals surface area contributed by atoms with Gasteiger partial charge in [-0.3, -0.25) is 79.6 Å². The van der Waals surface area contributed by atoms with Crippen LogP contribution in [0, 0.1) is 0 Å². The van der Waals surface area contributed by atoms with E-state index in [9.17, 15) is 25.5 Å². The molecule has 312 valence electrons. The second kappa shape index (κ2) is 19.4. The molecule has 0 aromatic carbocycles. The maximum Gasteiger partial charge on any atom is 0.394 e. The highest BCUT2D eigenvalue weighted by Gasteiger charge is 2.86. The molecule has 2 heterocycles. The summed E-state index contributed by atoms with van der Waals surface area (Å²) in [7, 11) is -18.7. The van der Waals surface area contributed by atoms with Crippen molar-refractivity contribution in [1.29, 1.82) is 0 Å². The molecule has 0 amide bonds. The summed E-state index contributed by atoms with van der Waals surface area (Å²) in [6.45, 7) is -2.03. The lowest BCUT2D eigenvalue weighted by atomic mass is 9.86. The number of hydrogen-bond donors (Lipinski definition) is 21. The topological polar surface area (TPSA) is 663 Å². The van der Waals surface area contributed by atoms with Crippen LogP contribution in [0.3, 0.4) is 0 Å². The Morgan fingerprint density at radius 1 is 0.627 bits per heavy atom. The summed E-state index contributed by atoms with van der Waals surface area (Å²) < 4.78 is 142. The zero-order chi connectivity index (χ0) is 42.0. The van der Waals surface area contributed by atoms with Crippen molar-refractivity contribution in [2.75, 3.05) is 13.2 Å². The molecule has 2 fully saturated rings. The van der Waals surface area contributed by atoms with Gasteiger partial charge in [0, 0.05) is 0 Å². The van der Waals surface area contributed by atoms with Crippen molar-refractivity contribution in [2.45, 2.75) is 59.5 Å². The Labute approximate surface area is 285 Å². The molecule has 35 nitrogen and oxygen atoms in total. The van der Waals surface area contributed by atoms with Crippen molar-refractivity contribution in [3.05, 3.63) is 0 Å². The zero-order valence-electron chi connectivity index (χ0n) is 24.6. The maximum absolute atomic E-state index is 10.3. The number of aliphatic hydroxyl groups is 5. The fourth-order valence-corrected chi connectivity index (χ4v) is 3.45. The average Bonchev–Trinajstić information content (AvgIpc) is 3.07. The van der Waals surface area contributed by atoms with Crippen molar-refractivity contribution in [3.63, 3.8) is 0 Å². The van der Waals surface area contributed by atoms with E-state index < -0.39 is 114 Å². The van der Waals surface area contributed by atoms with Gasteiger partial charge in [-0.1, -0.05) is 0 Å². The highest BCUT2D eigenvalue weighted by atomic mass is 32.3. The second-order valence-electron chi connectivity index (χ2n) is 8.99. The fraction of sp³-hybridized carbons (Fsp3) is 1.00. The molecule has 2 saturated heterocycles. The van der Waals surface area contributed by atoms with Crippen LogP contribution in [0.1, 0.15) is 0 Å². The molecule has 0 aliphatic carbocycles. The highest BCUT2D eigenvalue weighted by molar-refractivity contribution is 7.80. The van der Waals surface area contributed by atoms with Crippen LogP contribution in [0.4, 0.5) is 0 Å². The first-order valence-corrected chi connectivity index (χ1v) is 17.0. The minimum Gasteiger partial charge on any atom is -0.394 e. The van der Waals surface area contributed by atoms with Crippen LogP contribution in [0.5, 0.6) is 0 Å². The Morgan fingerprint density at radius 3 is 1.22 bits per heavy atom. The van der Waals surface area contributed by atoms with Gasteiger partial charge in [0.05, 0.1) is 13.2 Å². The van der Waals surface area contributed by atoms with Crippen LogP contribution in [0.2, 0.25) is 0 Å². The number of ether oxygens (including phenoxy) is 3. The third-order valence-electron chi connectivity index (χ3n) is 5.44. The first-order chi connectivity index (χ1) is 22.2. The molecule has 0 radical (unpaired) electrons. The molecule has 39 heteroatoms. The minimum atomic E-state index is -4.67. The Kier molecular flexibility index (Phi) is 20.5. The molecule has 2 aliphatic rings. The van der Waals surface area contributed by atoms with Crippen molar-refractivity contribution >= 4 is 41.6 Å². The molecule has 29 N–H and O–H groups in total. The molecule has 0 bridgehead atoms.